The molecule has 0 fully saturated rings. The van der Waals surface area contributed by atoms with Gasteiger partial charge in [-0.05, 0) is 20.8 Å². The molecule has 0 aromatic rings. The predicted molar refractivity (Wildman–Crippen MR) is 61.4 cm³/mol. The van der Waals surface area contributed by atoms with E-state index in [0.717, 1.165) is 0 Å². The van der Waals surface area contributed by atoms with E-state index in [1.54, 1.807) is 0 Å². The SMILES string of the molecule is CC(C)(C)NCC(F)(F)COCCOCCO. The summed E-state index contributed by atoms with van der Waals surface area (Å²) in [6, 6.07) is 0. The molecule has 0 rings (SSSR count). The van der Waals surface area contributed by atoms with Crippen molar-refractivity contribution in [3.63, 3.8) is 0 Å². The molecular weight excluding hydrogens is 232 g/mol. The molecule has 0 aliphatic carbocycles. The van der Waals surface area contributed by atoms with Crippen molar-refractivity contribution >= 4 is 0 Å². The Morgan fingerprint density at radius 1 is 1.06 bits per heavy atom. The van der Waals surface area contributed by atoms with Crippen LogP contribution in [0.15, 0.2) is 0 Å². The van der Waals surface area contributed by atoms with Crippen molar-refractivity contribution in [1.29, 1.82) is 0 Å². The molecule has 0 atom stereocenters. The molecule has 0 bridgehead atoms. The standard InChI is InChI=1S/C11H23F2NO3/c1-10(2,3)14-8-11(12,13)9-17-7-6-16-5-4-15/h14-15H,4-9H2,1-3H3. The molecule has 0 aromatic carbocycles. The first kappa shape index (κ1) is 16.7. The quantitative estimate of drug-likeness (QED) is 0.604. The number of hydrogen-bond donors (Lipinski definition) is 2. The van der Waals surface area contributed by atoms with Gasteiger partial charge in [-0.2, -0.15) is 0 Å². The zero-order valence-corrected chi connectivity index (χ0v) is 10.8. The fourth-order valence-electron chi connectivity index (χ4n) is 0.951. The lowest BCUT2D eigenvalue weighted by Gasteiger charge is -2.25. The molecular formula is C11H23F2NO3. The molecule has 0 saturated heterocycles. The van der Waals surface area contributed by atoms with E-state index in [9.17, 15) is 8.78 Å². The smallest absolute Gasteiger partial charge is 0.283 e. The minimum atomic E-state index is -2.88. The third-order valence-electron chi connectivity index (χ3n) is 1.80. The maximum absolute atomic E-state index is 13.3. The van der Waals surface area contributed by atoms with Gasteiger partial charge in [-0.15, -0.1) is 0 Å². The molecule has 0 aromatic heterocycles. The van der Waals surface area contributed by atoms with Gasteiger partial charge in [-0.3, -0.25) is 0 Å². The van der Waals surface area contributed by atoms with Gasteiger partial charge >= 0.3 is 0 Å². The molecule has 104 valence electrons. The largest absolute Gasteiger partial charge is 0.394 e. The van der Waals surface area contributed by atoms with Gasteiger partial charge in [0.1, 0.15) is 6.61 Å². The average Bonchev–Trinajstić information content (AvgIpc) is 2.20. The van der Waals surface area contributed by atoms with Crippen LogP contribution in [0.4, 0.5) is 8.78 Å². The van der Waals surface area contributed by atoms with Crippen LogP contribution in [0, 0.1) is 0 Å². The lowest BCUT2D eigenvalue weighted by atomic mass is 10.1. The van der Waals surface area contributed by atoms with Gasteiger partial charge in [-0.25, -0.2) is 8.78 Å². The second kappa shape index (κ2) is 7.92. The van der Waals surface area contributed by atoms with Crippen LogP contribution in [0.5, 0.6) is 0 Å². The minimum Gasteiger partial charge on any atom is -0.394 e. The Kier molecular flexibility index (Phi) is 7.78. The number of hydrogen-bond acceptors (Lipinski definition) is 4. The lowest BCUT2D eigenvalue weighted by Crippen LogP contribution is -2.45. The Balaban J connectivity index is 3.57. The Bertz CT molecular complexity index is 196. The highest BCUT2D eigenvalue weighted by molar-refractivity contribution is 4.76. The summed E-state index contributed by atoms with van der Waals surface area (Å²) in [5, 5.41) is 11.1. The van der Waals surface area contributed by atoms with Crippen LogP contribution in [0.25, 0.3) is 0 Å². The maximum atomic E-state index is 13.3. The third-order valence-corrected chi connectivity index (χ3v) is 1.80. The van der Waals surface area contributed by atoms with Crippen LogP contribution < -0.4 is 5.32 Å². The molecule has 6 heteroatoms. The molecule has 2 N–H and O–H groups in total. The Morgan fingerprint density at radius 2 is 1.65 bits per heavy atom. The molecule has 0 aliphatic heterocycles. The molecule has 0 amide bonds. The van der Waals surface area contributed by atoms with Crippen molar-refractivity contribution in [1.82, 2.24) is 5.32 Å². The average molecular weight is 255 g/mol. The summed E-state index contributed by atoms with van der Waals surface area (Å²) >= 11 is 0. The van der Waals surface area contributed by atoms with Crippen molar-refractivity contribution in [2.45, 2.75) is 32.2 Å². The van der Waals surface area contributed by atoms with Crippen LogP contribution in [0.3, 0.4) is 0 Å². The number of alkyl halides is 2. The second-order valence-electron chi connectivity index (χ2n) is 4.85. The Labute approximate surface area is 101 Å². The summed E-state index contributed by atoms with van der Waals surface area (Å²) in [5.74, 6) is -2.88. The van der Waals surface area contributed by atoms with Gasteiger partial charge in [0.05, 0.1) is 33.0 Å². The summed E-state index contributed by atoms with van der Waals surface area (Å²) in [5.41, 5.74) is -0.340. The topological polar surface area (TPSA) is 50.7 Å². The summed E-state index contributed by atoms with van der Waals surface area (Å²) in [7, 11) is 0. The second-order valence-corrected chi connectivity index (χ2v) is 4.85. The van der Waals surface area contributed by atoms with Crippen molar-refractivity contribution < 1.29 is 23.4 Å². The maximum Gasteiger partial charge on any atom is 0.283 e. The summed E-state index contributed by atoms with van der Waals surface area (Å²) in [4.78, 5) is 0. The van der Waals surface area contributed by atoms with Crippen molar-refractivity contribution in [3.8, 4) is 0 Å². The highest BCUT2D eigenvalue weighted by Gasteiger charge is 2.30. The lowest BCUT2D eigenvalue weighted by molar-refractivity contribution is -0.0864. The normalized spacial score (nSPS) is 13.1. The van der Waals surface area contributed by atoms with Crippen LogP contribution in [0.1, 0.15) is 20.8 Å². The monoisotopic (exact) mass is 255 g/mol. The summed E-state index contributed by atoms with van der Waals surface area (Å²) < 4.78 is 36.2. The fraction of sp³-hybridized carbons (Fsp3) is 1.00. The highest BCUT2D eigenvalue weighted by atomic mass is 19.3. The summed E-state index contributed by atoms with van der Waals surface area (Å²) in [6.45, 7) is 4.88. The van der Waals surface area contributed by atoms with E-state index in [-0.39, 0.29) is 32.0 Å². The number of ether oxygens (including phenoxy) is 2. The van der Waals surface area contributed by atoms with Gasteiger partial charge in [0.15, 0.2) is 0 Å². The van der Waals surface area contributed by atoms with Crippen LogP contribution >= 0.6 is 0 Å². The molecule has 4 nitrogen and oxygen atoms in total. The fourth-order valence-corrected chi connectivity index (χ4v) is 0.951. The van der Waals surface area contributed by atoms with Crippen molar-refractivity contribution in [2.24, 2.45) is 0 Å². The van der Waals surface area contributed by atoms with Gasteiger partial charge < -0.3 is 19.9 Å². The first-order valence-electron chi connectivity index (χ1n) is 5.66. The number of aliphatic hydroxyl groups is 1. The Morgan fingerprint density at radius 3 is 2.18 bits per heavy atom. The van der Waals surface area contributed by atoms with E-state index in [1.807, 2.05) is 20.8 Å². The van der Waals surface area contributed by atoms with Gasteiger partial charge in [-0.1, -0.05) is 0 Å². The van der Waals surface area contributed by atoms with E-state index in [4.69, 9.17) is 14.6 Å². The van der Waals surface area contributed by atoms with Crippen molar-refractivity contribution in [3.05, 3.63) is 0 Å². The van der Waals surface area contributed by atoms with Gasteiger partial charge in [0.2, 0.25) is 0 Å². The zero-order chi connectivity index (χ0) is 13.4. The first-order valence-corrected chi connectivity index (χ1v) is 5.66. The molecule has 0 heterocycles. The number of rotatable bonds is 9. The van der Waals surface area contributed by atoms with E-state index in [1.165, 1.54) is 0 Å². The van der Waals surface area contributed by atoms with Crippen LogP contribution in [0.2, 0.25) is 0 Å². The summed E-state index contributed by atoms with van der Waals surface area (Å²) in [6.07, 6.45) is 0. The molecule has 0 unspecified atom stereocenters. The van der Waals surface area contributed by atoms with Crippen LogP contribution in [-0.4, -0.2) is 56.1 Å². The van der Waals surface area contributed by atoms with Crippen molar-refractivity contribution in [2.75, 3.05) is 39.6 Å². The van der Waals surface area contributed by atoms with E-state index in [2.05, 4.69) is 5.32 Å². The van der Waals surface area contributed by atoms with E-state index >= 15 is 0 Å². The number of aliphatic hydroxyl groups excluding tert-OH is 1. The number of nitrogens with one attached hydrogen (secondary N) is 1. The van der Waals surface area contributed by atoms with Crippen LogP contribution in [-0.2, 0) is 9.47 Å². The molecule has 0 aliphatic rings. The third kappa shape index (κ3) is 12.0. The van der Waals surface area contributed by atoms with Gasteiger partial charge in [0, 0.05) is 5.54 Å². The first-order chi connectivity index (χ1) is 7.77. The predicted octanol–water partition coefficient (Wildman–Crippen LogP) is 1.04. The molecule has 0 spiro atoms. The van der Waals surface area contributed by atoms with E-state index < -0.39 is 19.1 Å². The molecule has 0 saturated carbocycles. The highest BCUT2D eigenvalue weighted by Crippen LogP contribution is 2.14. The Hall–Kier alpha value is -0.300. The molecule has 0 radical (unpaired) electrons. The number of halogens is 2. The zero-order valence-electron chi connectivity index (χ0n) is 10.8. The van der Waals surface area contributed by atoms with E-state index in [0.29, 0.717) is 0 Å². The molecule has 17 heavy (non-hydrogen) atoms. The van der Waals surface area contributed by atoms with Gasteiger partial charge in [0.25, 0.3) is 5.92 Å². The minimum absolute atomic E-state index is 0.0777.